The lowest BCUT2D eigenvalue weighted by Crippen LogP contribution is -2.62. The molecule has 10 heteroatoms. The van der Waals surface area contributed by atoms with E-state index in [1.54, 1.807) is 20.8 Å². The zero-order chi connectivity index (χ0) is 19.6. The number of hydrogen-bond donors (Lipinski definition) is 0. The number of carbonyl (C=O) groups is 5. The summed E-state index contributed by atoms with van der Waals surface area (Å²) < 4.78 is 5.13. The fraction of sp³-hybridized carbons (Fsp3) is 0.688. The van der Waals surface area contributed by atoms with Crippen molar-refractivity contribution in [2.24, 2.45) is 0 Å². The Bertz CT molecular complexity index is 644. The van der Waals surface area contributed by atoms with Crippen LogP contribution in [-0.2, 0) is 23.9 Å². The smallest absolute Gasteiger partial charge is 0.424 e. The third kappa shape index (κ3) is 4.40. The number of likely N-dealkylation sites (tertiary alicyclic amines) is 1. The molecule has 0 saturated carbocycles. The highest BCUT2D eigenvalue weighted by Crippen LogP contribution is 2.23. The monoisotopic (exact) mass is 431 g/mol. The van der Waals surface area contributed by atoms with E-state index in [-0.39, 0.29) is 43.1 Å². The van der Waals surface area contributed by atoms with Gasteiger partial charge in [-0.15, -0.1) is 0 Å². The van der Waals surface area contributed by atoms with Crippen molar-refractivity contribution in [3.63, 3.8) is 0 Å². The van der Waals surface area contributed by atoms with Crippen LogP contribution in [0.5, 0.6) is 0 Å². The molecule has 0 radical (unpaired) electrons. The van der Waals surface area contributed by atoms with Gasteiger partial charge in [0.15, 0.2) is 0 Å². The molecular formula is C16H22BrN3O6. The molecule has 2 heterocycles. The minimum atomic E-state index is -1.03. The van der Waals surface area contributed by atoms with E-state index in [0.717, 1.165) is 0 Å². The molecule has 2 rings (SSSR count). The summed E-state index contributed by atoms with van der Waals surface area (Å²) in [6, 6.07) is -0.908. The molecule has 1 atom stereocenters. The number of imide groups is 3. The lowest BCUT2D eigenvalue weighted by atomic mass is 10.0. The minimum Gasteiger partial charge on any atom is -0.443 e. The van der Waals surface area contributed by atoms with E-state index < -0.39 is 29.6 Å². The number of piperazine rings is 1. The van der Waals surface area contributed by atoms with Crippen molar-refractivity contribution >= 4 is 45.7 Å². The van der Waals surface area contributed by atoms with Gasteiger partial charge in [-0.3, -0.25) is 19.2 Å². The van der Waals surface area contributed by atoms with Gasteiger partial charge in [-0.25, -0.2) is 4.79 Å². The molecule has 2 aliphatic rings. The predicted octanol–water partition coefficient (Wildman–Crippen LogP) is 0.505. The summed E-state index contributed by atoms with van der Waals surface area (Å²) in [6.07, 6.45) is -0.920. The van der Waals surface area contributed by atoms with Crippen LogP contribution < -0.4 is 0 Å². The van der Waals surface area contributed by atoms with Gasteiger partial charge in [0.1, 0.15) is 11.6 Å². The number of nitrogens with zero attached hydrogens (tertiary/aromatic N) is 3. The Balaban J connectivity index is 2.12. The zero-order valence-corrected chi connectivity index (χ0v) is 16.6. The molecule has 0 aromatic rings. The summed E-state index contributed by atoms with van der Waals surface area (Å²) in [5.74, 6) is -1.99. The second kappa shape index (κ2) is 7.73. The second-order valence-corrected chi connectivity index (χ2v) is 7.70. The van der Waals surface area contributed by atoms with Gasteiger partial charge >= 0.3 is 6.09 Å². The van der Waals surface area contributed by atoms with Gasteiger partial charge in [0, 0.05) is 19.5 Å². The Morgan fingerprint density at radius 1 is 1.15 bits per heavy atom. The third-order valence-electron chi connectivity index (χ3n) is 4.06. The fourth-order valence-electron chi connectivity index (χ4n) is 2.87. The van der Waals surface area contributed by atoms with Gasteiger partial charge in [-0.2, -0.15) is 4.90 Å². The number of hydrogen-bond acceptors (Lipinski definition) is 6. The van der Waals surface area contributed by atoms with Gasteiger partial charge < -0.3 is 14.5 Å². The average molecular weight is 432 g/mol. The molecule has 0 N–H and O–H groups in total. The molecule has 1 unspecified atom stereocenters. The molecule has 9 nitrogen and oxygen atoms in total. The summed E-state index contributed by atoms with van der Waals surface area (Å²) in [4.78, 5) is 64.3. The van der Waals surface area contributed by atoms with Crippen molar-refractivity contribution < 1.29 is 28.7 Å². The van der Waals surface area contributed by atoms with E-state index in [9.17, 15) is 24.0 Å². The van der Waals surface area contributed by atoms with Gasteiger partial charge in [0.2, 0.25) is 17.7 Å². The molecule has 0 aromatic heterocycles. The highest BCUT2D eigenvalue weighted by Gasteiger charge is 2.45. The SMILES string of the molecule is CC(C)(C)OC(=O)N1C(=O)CCC(N2CCN(C(=O)CBr)CC2=O)C1=O. The summed E-state index contributed by atoms with van der Waals surface area (Å²) in [5, 5.41) is 0.115. The Labute approximate surface area is 159 Å². The maximum absolute atomic E-state index is 12.7. The van der Waals surface area contributed by atoms with Gasteiger partial charge in [-0.05, 0) is 27.2 Å². The van der Waals surface area contributed by atoms with Gasteiger partial charge in [0.05, 0.1) is 11.9 Å². The van der Waals surface area contributed by atoms with E-state index in [4.69, 9.17) is 4.74 Å². The Morgan fingerprint density at radius 2 is 1.81 bits per heavy atom. The number of amides is 5. The average Bonchev–Trinajstić information content (AvgIpc) is 2.53. The van der Waals surface area contributed by atoms with Crippen LogP contribution in [0.1, 0.15) is 33.6 Å². The molecule has 0 aliphatic carbocycles. The number of rotatable bonds is 2. The van der Waals surface area contributed by atoms with Crippen LogP contribution in [0.15, 0.2) is 0 Å². The lowest BCUT2D eigenvalue weighted by Gasteiger charge is -2.41. The van der Waals surface area contributed by atoms with Crippen LogP contribution in [0.2, 0.25) is 0 Å². The second-order valence-electron chi connectivity index (χ2n) is 7.14. The van der Waals surface area contributed by atoms with Crippen LogP contribution in [0.25, 0.3) is 0 Å². The summed E-state index contributed by atoms with van der Waals surface area (Å²) >= 11 is 3.06. The number of piperidine rings is 1. The van der Waals surface area contributed by atoms with Crippen LogP contribution in [-0.4, -0.2) is 81.0 Å². The van der Waals surface area contributed by atoms with Gasteiger partial charge in [-0.1, -0.05) is 15.9 Å². The maximum Gasteiger partial charge on any atom is 0.424 e. The molecule has 0 bridgehead atoms. The predicted molar refractivity (Wildman–Crippen MR) is 93.2 cm³/mol. The van der Waals surface area contributed by atoms with E-state index in [0.29, 0.717) is 11.4 Å². The van der Waals surface area contributed by atoms with Crippen LogP contribution >= 0.6 is 15.9 Å². The number of alkyl halides is 1. The Hall–Kier alpha value is -1.97. The highest BCUT2D eigenvalue weighted by molar-refractivity contribution is 9.09. The molecule has 144 valence electrons. The van der Waals surface area contributed by atoms with Crippen molar-refractivity contribution in [1.82, 2.24) is 14.7 Å². The first kappa shape index (κ1) is 20.3. The van der Waals surface area contributed by atoms with Crippen LogP contribution in [0.4, 0.5) is 4.79 Å². The van der Waals surface area contributed by atoms with Crippen molar-refractivity contribution in [2.75, 3.05) is 25.0 Å². The standard InChI is InChI=1S/C16H22BrN3O6/c1-16(2,3)26-15(25)20-11(21)5-4-10(14(20)24)19-7-6-18(9-13(19)23)12(22)8-17/h10H,4-9H2,1-3H3. The van der Waals surface area contributed by atoms with E-state index in [2.05, 4.69) is 15.9 Å². The molecular weight excluding hydrogens is 410 g/mol. The van der Waals surface area contributed by atoms with Crippen molar-refractivity contribution in [3.05, 3.63) is 0 Å². The normalized spacial score (nSPS) is 21.9. The van der Waals surface area contributed by atoms with Crippen molar-refractivity contribution in [2.45, 2.75) is 45.3 Å². The third-order valence-corrected chi connectivity index (χ3v) is 4.54. The van der Waals surface area contributed by atoms with Gasteiger partial charge in [0.25, 0.3) is 5.91 Å². The molecule has 2 aliphatic heterocycles. The number of ether oxygens (including phenoxy) is 1. The first-order valence-corrected chi connectivity index (χ1v) is 9.40. The van der Waals surface area contributed by atoms with Crippen molar-refractivity contribution in [3.8, 4) is 0 Å². The lowest BCUT2D eigenvalue weighted by molar-refractivity contribution is -0.158. The first-order chi connectivity index (χ1) is 12.0. The number of halogens is 1. The highest BCUT2D eigenvalue weighted by atomic mass is 79.9. The van der Waals surface area contributed by atoms with E-state index in [1.807, 2.05) is 0 Å². The quantitative estimate of drug-likeness (QED) is 0.465. The molecule has 26 heavy (non-hydrogen) atoms. The van der Waals surface area contributed by atoms with E-state index in [1.165, 1.54) is 9.80 Å². The minimum absolute atomic E-state index is 0.0382. The Kier molecular flexibility index (Phi) is 6.05. The Morgan fingerprint density at radius 3 is 2.35 bits per heavy atom. The number of carbonyl (C=O) groups excluding carboxylic acids is 5. The molecule has 2 saturated heterocycles. The molecule has 2 fully saturated rings. The molecule has 0 aromatic carbocycles. The summed E-state index contributed by atoms with van der Waals surface area (Å²) in [6.45, 7) is 5.22. The first-order valence-electron chi connectivity index (χ1n) is 8.28. The zero-order valence-electron chi connectivity index (χ0n) is 15.0. The van der Waals surface area contributed by atoms with E-state index >= 15 is 0 Å². The molecule has 0 spiro atoms. The van der Waals surface area contributed by atoms with Crippen molar-refractivity contribution in [1.29, 1.82) is 0 Å². The maximum atomic E-state index is 12.7. The summed E-state index contributed by atoms with van der Waals surface area (Å²) in [7, 11) is 0. The van der Waals surface area contributed by atoms with Crippen LogP contribution in [0.3, 0.4) is 0 Å². The fourth-order valence-corrected chi connectivity index (χ4v) is 3.22. The van der Waals surface area contributed by atoms with Crippen LogP contribution in [0, 0.1) is 0 Å². The molecule has 5 amide bonds. The topological polar surface area (TPSA) is 104 Å². The largest absolute Gasteiger partial charge is 0.443 e. The summed E-state index contributed by atoms with van der Waals surface area (Å²) in [5.41, 5.74) is -0.859.